The molecule has 0 amide bonds. The molecule has 2 N–H and O–H groups in total. The van der Waals surface area contributed by atoms with Gasteiger partial charge in [0.05, 0.1) is 25.8 Å². The quantitative estimate of drug-likeness (QED) is 0.638. The molecule has 2 aromatic rings. The van der Waals surface area contributed by atoms with E-state index in [9.17, 15) is 14.4 Å². The van der Waals surface area contributed by atoms with Crippen molar-refractivity contribution < 1.29 is 28.5 Å². The average molecular weight is 395 g/mol. The zero-order valence-electron chi connectivity index (χ0n) is 15.7. The van der Waals surface area contributed by atoms with Crippen LogP contribution in [0.5, 0.6) is 0 Å². The number of carbonyl (C=O) groups excluding carboxylic acids is 2. The van der Waals surface area contributed by atoms with Crippen LogP contribution >= 0.6 is 0 Å². The first-order valence-corrected chi connectivity index (χ1v) is 8.47. The molecule has 1 fully saturated rings. The molecule has 12 nitrogen and oxygen atoms in total. The molecule has 28 heavy (non-hydrogen) atoms. The van der Waals surface area contributed by atoms with E-state index in [2.05, 4.69) is 14.7 Å². The summed E-state index contributed by atoms with van der Waals surface area (Å²) in [5, 5.41) is 0. The number of ether oxygens (including phenoxy) is 4. The van der Waals surface area contributed by atoms with E-state index in [4.69, 9.17) is 19.9 Å². The lowest BCUT2D eigenvalue weighted by Crippen LogP contribution is -2.34. The topological polar surface area (TPSA) is 150 Å². The predicted octanol–water partition coefficient (Wildman–Crippen LogP) is -0.439. The maximum atomic E-state index is 13.0. The second-order valence-corrected chi connectivity index (χ2v) is 6.25. The monoisotopic (exact) mass is 395 g/mol. The number of hydrogen-bond acceptors (Lipinski definition) is 10. The van der Waals surface area contributed by atoms with Gasteiger partial charge in [0, 0.05) is 20.5 Å². The Morgan fingerprint density at radius 2 is 2.14 bits per heavy atom. The Morgan fingerprint density at radius 3 is 2.79 bits per heavy atom. The van der Waals surface area contributed by atoms with E-state index in [0.29, 0.717) is 5.52 Å². The third-order valence-corrected chi connectivity index (χ3v) is 4.32. The van der Waals surface area contributed by atoms with Crippen LogP contribution in [-0.2, 0) is 35.3 Å². The fourth-order valence-electron chi connectivity index (χ4n) is 3.22. The molecule has 1 saturated heterocycles. The summed E-state index contributed by atoms with van der Waals surface area (Å²) in [6.45, 7) is 1.20. The van der Waals surface area contributed by atoms with Crippen LogP contribution < -0.4 is 11.4 Å². The molecule has 1 aliphatic heterocycles. The van der Waals surface area contributed by atoms with Crippen molar-refractivity contribution in [3.8, 4) is 0 Å². The molecule has 0 aliphatic carbocycles. The van der Waals surface area contributed by atoms with Gasteiger partial charge in [0.15, 0.2) is 11.9 Å². The first-order chi connectivity index (χ1) is 13.3. The summed E-state index contributed by atoms with van der Waals surface area (Å²) in [5.41, 5.74) is 5.77. The zero-order valence-corrected chi connectivity index (χ0v) is 15.7. The maximum absolute atomic E-state index is 13.0. The number of nitrogens with two attached hydrogens (primary N) is 1. The third-order valence-electron chi connectivity index (χ3n) is 4.32. The fraction of sp³-hybridized carbons (Fsp3) is 0.562. The van der Waals surface area contributed by atoms with E-state index in [1.165, 1.54) is 36.5 Å². The first-order valence-electron chi connectivity index (χ1n) is 8.47. The first kappa shape index (κ1) is 19.8. The molecular formula is C16H21N5O7. The van der Waals surface area contributed by atoms with Crippen molar-refractivity contribution in [2.45, 2.75) is 44.9 Å². The summed E-state index contributed by atoms with van der Waals surface area (Å²) in [6, 6.07) is 0. The van der Waals surface area contributed by atoms with Crippen molar-refractivity contribution in [2.75, 3.05) is 20.0 Å². The largest absolute Gasteiger partial charge is 0.469 e. The van der Waals surface area contributed by atoms with Crippen LogP contribution in [0, 0.1) is 0 Å². The Labute approximate surface area is 159 Å². The summed E-state index contributed by atoms with van der Waals surface area (Å²) >= 11 is 0. The number of rotatable bonds is 6. The minimum Gasteiger partial charge on any atom is -0.469 e. The Morgan fingerprint density at radius 1 is 1.39 bits per heavy atom. The predicted molar refractivity (Wildman–Crippen MR) is 93.9 cm³/mol. The molecular weight excluding hydrogens is 374 g/mol. The zero-order chi connectivity index (χ0) is 20.4. The van der Waals surface area contributed by atoms with Crippen molar-refractivity contribution in [3.63, 3.8) is 0 Å². The molecule has 0 aromatic carbocycles. The fourth-order valence-corrected chi connectivity index (χ4v) is 3.22. The number of nitrogens with zero attached hydrogens (tertiary/aromatic N) is 4. The Kier molecular flexibility index (Phi) is 5.61. The van der Waals surface area contributed by atoms with Gasteiger partial charge in [-0.05, 0) is 0 Å². The second kappa shape index (κ2) is 7.94. The van der Waals surface area contributed by atoms with Gasteiger partial charge in [-0.2, -0.15) is 4.98 Å². The smallest absolute Gasteiger partial charge is 0.334 e. The highest BCUT2D eigenvalue weighted by Gasteiger charge is 2.42. The van der Waals surface area contributed by atoms with Crippen molar-refractivity contribution in [1.29, 1.82) is 0 Å². The van der Waals surface area contributed by atoms with Crippen molar-refractivity contribution in [3.05, 3.63) is 16.7 Å². The molecule has 152 valence electrons. The number of imidazole rings is 1. The van der Waals surface area contributed by atoms with Crippen LogP contribution in [0.3, 0.4) is 0 Å². The molecule has 0 unspecified atom stereocenters. The highest BCUT2D eigenvalue weighted by Crippen LogP contribution is 2.34. The number of aromatic nitrogens is 4. The van der Waals surface area contributed by atoms with Crippen molar-refractivity contribution in [2.24, 2.45) is 0 Å². The van der Waals surface area contributed by atoms with Crippen LogP contribution in [0.25, 0.3) is 11.2 Å². The summed E-state index contributed by atoms with van der Waals surface area (Å²) < 4.78 is 23.5. The van der Waals surface area contributed by atoms with Gasteiger partial charge in [0.1, 0.15) is 18.4 Å². The Bertz CT molecular complexity index is 953. The van der Waals surface area contributed by atoms with Gasteiger partial charge in [0.25, 0.3) is 0 Å². The van der Waals surface area contributed by atoms with E-state index in [-0.39, 0.29) is 31.2 Å². The number of esters is 2. The molecule has 3 heterocycles. The van der Waals surface area contributed by atoms with Crippen LogP contribution in [-0.4, -0.2) is 57.5 Å². The van der Waals surface area contributed by atoms with Gasteiger partial charge in [-0.3, -0.25) is 14.2 Å². The van der Waals surface area contributed by atoms with Gasteiger partial charge >= 0.3 is 17.6 Å². The highest BCUT2D eigenvalue weighted by molar-refractivity contribution is 5.72. The van der Waals surface area contributed by atoms with Gasteiger partial charge in [-0.25, -0.2) is 14.3 Å². The number of fused-ring (bicyclic) bond motifs is 1. The summed E-state index contributed by atoms with van der Waals surface area (Å²) in [7, 11) is 2.70. The van der Waals surface area contributed by atoms with Crippen LogP contribution in [0.4, 0.5) is 5.95 Å². The Balaban J connectivity index is 2.08. The Hall–Kier alpha value is -2.99. The third kappa shape index (κ3) is 3.68. The van der Waals surface area contributed by atoms with Crippen LogP contribution in [0.2, 0.25) is 0 Å². The normalized spacial score (nSPS) is 21.8. The molecule has 3 rings (SSSR count). The van der Waals surface area contributed by atoms with Crippen molar-refractivity contribution in [1.82, 2.24) is 19.1 Å². The van der Waals surface area contributed by atoms with E-state index in [1.54, 1.807) is 0 Å². The minimum absolute atomic E-state index is 0.0380. The minimum atomic E-state index is -0.999. The standard InChI is InChI=1S/C16H21N5O7/c1-8(22)27-11-4-9(5-12(23)26-3)28-14(11)21-13-10(6-18-15(17)19-13)20(7-25-2)16(21)24/h6,9,11,14H,4-5,7H2,1-3H3,(H2,17,18,19)/t9-,11+,14+/m0/s1. The molecule has 1 aliphatic rings. The number of anilines is 1. The van der Waals surface area contributed by atoms with Crippen LogP contribution in [0.1, 0.15) is 26.0 Å². The van der Waals surface area contributed by atoms with E-state index in [0.717, 1.165) is 0 Å². The molecule has 0 saturated carbocycles. The molecule has 2 aromatic heterocycles. The van der Waals surface area contributed by atoms with Crippen molar-refractivity contribution >= 4 is 29.1 Å². The van der Waals surface area contributed by atoms with Gasteiger partial charge in [0.2, 0.25) is 5.95 Å². The molecule has 0 radical (unpaired) electrons. The van der Waals surface area contributed by atoms with E-state index < -0.39 is 36.1 Å². The van der Waals surface area contributed by atoms with E-state index in [1.807, 2.05) is 0 Å². The number of carbonyl (C=O) groups is 2. The van der Waals surface area contributed by atoms with Crippen LogP contribution in [0.15, 0.2) is 11.0 Å². The van der Waals surface area contributed by atoms with E-state index >= 15 is 0 Å². The molecule has 0 spiro atoms. The summed E-state index contributed by atoms with van der Waals surface area (Å²) in [5.74, 6) is -1.06. The van der Waals surface area contributed by atoms with Gasteiger partial charge in [-0.15, -0.1) is 0 Å². The lowest BCUT2D eigenvalue weighted by Gasteiger charge is -2.19. The number of methoxy groups -OCH3 is 2. The lowest BCUT2D eigenvalue weighted by atomic mass is 10.1. The summed E-state index contributed by atoms with van der Waals surface area (Å²) in [6.07, 6.45) is -0.843. The lowest BCUT2D eigenvalue weighted by molar-refractivity contribution is -0.153. The molecule has 12 heteroatoms. The summed E-state index contributed by atoms with van der Waals surface area (Å²) in [4.78, 5) is 44.2. The SMILES string of the molecule is COCn1c(=O)n([C@@H]2O[C@H](CC(=O)OC)C[C@H]2OC(C)=O)c2nc(N)ncc21. The number of hydrogen-bond donors (Lipinski definition) is 1. The maximum Gasteiger partial charge on any atom is 0.334 e. The van der Waals surface area contributed by atoms with Gasteiger partial charge < -0.3 is 24.7 Å². The number of nitrogen functional groups attached to an aromatic ring is 1. The average Bonchev–Trinajstić information content (AvgIpc) is 3.12. The highest BCUT2D eigenvalue weighted by atomic mass is 16.6. The second-order valence-electron chi connectivity index (χ2n) is 6.25. The van der Waals surface area contributed by atoms with Gasteiger partial charge in [-0.1, -0.05) is 0 Å². The molecule has 0 bridgehead atoms. The molecule has 3 atom stereocenters.